The topological polar surface area (TPSA) is 46.3 Å². The fourth-order valence-electron chi connectivity index (χ4n) is 2.00. The van der Waals surface area contributed by atoms with E-state index in [1.54, 1.807) is 6.07 Å². The average Bonchev–Trinajstić information content (AvgIpc) is 2.32. The number of anilines is 1. The molecule has 0 atom stereocenters. The summed E-state index contributed by atoms with van der Waals surface area (Å²) in [5, 5.41) is 0. The highest BCUT2D eigenvalue weighted by molar-refractivity contribution is 5.96. The zero-order valence-corrected chi connectivity index (χ0v) is 10.4. The average molecular weight is 230 g/mol. The molecule has 0 bridgehead atoms. The maximum atomic E-state index is 12.3. The molecule has 2 N–H and O–H groups in total. The molecule has 1 amide bonds. The summed E-state index contributed by atoms with van der Waals surface area (Å²) in [6.45, 7) is 5.56. The SMILES string of the molecule is CC1=CCN(C(=O)c2cc(N)ccc2C)CC1. The molecule has 0 saturated heterocycles. The number of hydrogen-bond donors (Lipinski definition) is 1. The predicted octanol–water partition coefficient (Wildman–Crippen LogP) is 2.37. The number of rotatable bonds is 1. The first-order chi connectivity index (χ1) is 8.08. The van der Waals surface area contributed by atoms with Gasteiger partial charge in [-0.3, -0.25) is 4.79 Å². The van der Waals surface area contributed by atoms with Gasteiger partial charge in [0.15, 0.2) is 0 Å². The van der Waals surface area contributed by atoms with Gasteiger partial charge < -0.3 is 10.6 Å². The van der Waals surface area contributed by atoms with E-state index in [2.05, 4.69) is 13.0 Å². The molecule has 2 rings (SSSR count). The molecule has 0 saturated carbocycles. The van der Waals surface area contributed by atoms with Crippen LogP contribution in [0.25, 0.3) is 0 Å². The van der Waals surface area contributed by atoms with E-state index in [-0.39, 0.29) is 5.91 Å². The summed E-state index contributed by atoms with van der Waals surface area (Å²) >= 11 is 0. The van der Waals surface area contributed by atoms with Gasteiger partial charge in [0.05, 0.1) is 0 Å². The fraction of sp³-hybridized carbons (Fsp3) is 0.357. The van der Waals surface area contributed by atoms with E-state index >= 15 is 0 Å². The third-order valence-corrected chi connectivity index (χ3v) is 3.22. The second-order valence-corrected chi connectivity index (χ2v) is 4.63. The van der Waals surface area contributed by atoms with E-state index in [9.17, 15) is 4.79 Å². The quantitative estimate of drug-likeness (QED) is 0.594. The number of hydrogen-bond acceptors (Lipinski definition) is 2. The zero-order chi connectivity index (χ0) is 12.4. The Morgan fingerprint density at radius 2 is 2.12 bits per heavy atom. The van der Waals surface area contributed by atoms with Gasteiger partial charge in [-0.1, -0.05) is 17.7 Å². The molecule has 0 aromatic heterocycles. The summed E-state index contributed by atoms with van der Waals surface area (Å²) in [7, 11) is 0. The van der Waals surface area contributed by atoms with E-state index in [0.29, 0.717) is 12.2 Å². The second kappa shape index (κ2) is 4.62. The molecule has 0 unspecified atom stereocenters. The standard InChI is InChI=1S/C14H18N2O/c1-10-5-7-16(8-6-10)14(17)13-9-12(15)4-3-11(13)2/h3-5,9H,6-8,15H2,1-2H3. The van der Waals surface area contributed by atoms with E-state index in [0.717, 1.165) is 24.1 Å². The number of nitrogen functional groups attached to an aromatic ring is 1. The monoisotopic (exact) mass is 230 g/mol. The molecular weight excluding hydrogens is 212 g/mol. The number of aryl methyl sites for hydroxylation is 1. The molecule has 1 aromatic rings. The third kappa shape index (κ3) is 2.49. The van der Waals surface area contributed by atoms with Gasteiger partial charge in [-0.25, -0.2) is 0 Å². The van der Waals surface area contributed by atoms with Crippen LogP contribution in [0.2, 0.25) is 0 Å². The highest BCUT2D eigenvalue weighted by atomic mass is 16.2. The van der Waals surface area contributed by atoms with Crippen molar-refractivity contribution in [3.05, 3.63) is 41.0 Å². The Bertz CT molecular complexity index is 477. The molecule has 3 nitrogen and oxygen atoms in total. The summed E-state index contributed by atoms with van der Waals surface area (Å²) in [5.41, 5.74) is 9.44. The Labute approximate surface area is 102 Å². The molecule has 17 heavy (non-hydrogen) atoms. The molecule has 3 heteroatoms. The van der Waals surface area contributed by atoms with Crippen LogP contribution < -0.4 is 5.73 Å². The van der Waals surface area contributed by atoms with Crippen LogP contribution in [0.15, 0.2) is 29.8 Å². The summed E-state index contributed by atoms with van der Waals surface area (Å²) in [4.78, 5) is 14.2. The van der Waals surface area contributed by atoms with Gasteiger partial charge in [-0.15, -0.1) is 0 Å². The highest BCUT2D eigenvalue weighted by Gasteiger charge is 2.19. The van der Waals surface area contributed by atoms with Gasteiger partial charge in [0.2, 0.25) is 0 Å². The number of benzene rings is 1. The molecule has 0 radical (unpaired) electrons. The first-order valence-electron chi connectivity index (χ1n) is 5.89. The summed E-state index contributed by atoms with van der Waals surface area (Å²) in [5.74, 6) is 0.0820. The molecule has 1 aliphatic rings. The first kappa shape index (κ1) is 11.7. The lowest BCUT2D eigenvalue weighted by Gasteiger charge is -2.26. The van der Waals surface area contributed by atoms with Crippen molar-refractivity contribution in [1.29, 1.82) is 0 Å². The van der Waals surface area contributed by atoms with Gasteiger partial charge in [-0.05, 0) is 38.0 Å². The van der Waals surface area contributed by atoms with Crippen LogP contribution in [0, 0.1) is 6.92 Å². The van der Waals surface area contributed by atoms with Crippen LogP contribution >= 0.6 is 0 Å². The number of amides is 1. The van der Waals surface area contributed by atoms with Crippen LogP contribution in [-0.4, -0.2) is 23.9 Å². The number of carbonyl (C=O) groups is 1. The van der Waals surface area contributed by atoms with Crippen LogP contribution in [0.1, 0.15) is 29.3 Å². The lowest BCUT2D eigenvalue weighted by Crippen LogP contribution is -2.35. The number of nitrogens with zero attached hydrogens (tertiary/aromatic N) is 1. The van der Waals surface area contributed by atoms with Crippen molar-refractivity contribution in [2.45, 2.75) is 20.3 Å². The molecule has 0 aliphatic carbocycles. The Hall–Kier alpha value is -1.77. The van der Waals surface area contributed by atoms with Gasteiger partial charge >= 0.3 is 0 Å². The minimum Gasteiger partial charge on any atom is -0.399 e. The molecule has 1 aromatic carbocycles. The minimum absolute atomic E-state index is 0.0820. The number of carbonyl (C=O) groups excluding carboxylic acids is 1. The van der Waals surface area contributed by atoms with Crippen LogP contribution in [0.3, 0.4) is 0 Å². The molecule has 0 fully saturated rings. The molecule has 1 aliphatic heterocycles. The van der Waals surface area contributed by atoms with Crippen LogP contribution in [0.5, 0.6) is 0 Å². The second-order valence-electron chi connectivity index (χ2n) is 4.63. The first-order valence-corrected chi connectivity index (χ1v) is 5.89. The Morgan fingerprint density at radius 1 is 1.35 bits per heavy atom. The van der Waals surface area contributed by atoms with E-state index in [4.69, 9.17) is 5.73 Å². The van der Waals surface area contributed by atoms with Crippen molar-refractivity contribution in [1.82, 2.24) is 4.90 Å². The predicted molar refractivity (Wildman–Crippen MR) is 69.9 cm³/mol. The van der Waals surface area contributed by atoms with Gasteiger partial charge in [0.1, 0.15) is 0 Å². The van der Waals surface area contributed by atoms with E-state index < -0.39 is 0 Å². The van der Waals surface area contributed by atoms with Gasteiger partial charge in [0, 0.05) is 24.3 Å². The largest absolute Gasteiger partial charge is 0.399 e. The van der Waals surface area contributed by atoms with Crippen molar-refractivity contribution in [3.8, 4) is 0 Å². The Kier molecular flexibility index (Phi) is 3.18. The zero-order valence-electron chi connectivity index (χ0n) is 10.4. The van der Waals surface area contributed by atoms with Gasteiger partial charge in [0.25, 0.3) is 5.91 Å². The summed E-state index contributed by atoms with van der Waals surface area (Å²) in [6.07, 6.45) is 3.08. The maximum absolute atomic E-state index is 12.3. The van der Waals surface area contributed by atoms with Crippen molar-refractivity contribution in [3.63, 3.8) is 0 Å². The lowest BCUT2D eigenvalue weighted by molar-refractivity contribution is 0.0768. The Balaban J connectivity index is 2.23. The molecule has 90 valence electrons. The van der Waals surface area contributed by atoms with Crippen molar-refractivity contribution < 1.29 is 4.79 Å². The normalized spacial score (nSPS) is 15.6. The Morgan fingerprint density at radius 3 is 2.76 bits per heavy atom. The number of nitrogens with two attached hydrogens (primary N) is 1. The smallest absolute Gasteiger partial charge is 0.254 e. The van der Waals surface area contributed by atoms with Gasteiger partial charge in [-0.2, -0.15) is 0 Å². The molecule has 0 spiro atoms. The van der Waals surface area contributed by atoms with Crippen molar-refractivity contribution in [2.75, 3.05) is 18.8 Å². The van der Waals surface area contributed by atoms with Crippen molar-refractivity contribution >= 4 is 11.6 Å². The molecular formula is C14H18N2O. The summed E-state index contributed by atoms with van der Waals surface area (Å²) < 4.78 is 0. The van der Waals surface area contributed by atoms with Crippen molar-refractivity contribution in [2.24, 2.45) is 0 Å². The maximum Gasteiger partial charge on any atom is 0.254 e. The van der Waals surface area contributed by atoms with Crippen LogP contribution in [-0.2, 0) is 0 Å². The molecule has 1 heterocycles. The summed E-state index contributed by atoms with van der Waals surface area (Å²) in [6, 6.07) is 5.49. The minimum atomic E-state index is 0.0820. The van der Waals surface area contributed by atoms with E-state index in [1.165, 1.54) is 5.57 Å². The van der Waals surface area contributed by atoms with Crippen LogP contribution in [0.4, 0.5) is 5.69 Å². The van der Waals surface area contributed by atoms with E-state index in [1.807, 2.05) is 24.0 Å². The highest BCUT2D eigenvalue weighted by Crippen LogP contribution is 2.18. The fourth-order valence-corrected chi connectivity index (χ4v) is 2.00. The third-order valence-electron chi connectivity index (χ3n) is 3.22. The lowest BCUT2D eigenvalue weighted by atomic mass is 10.0.